The molecule has 1 heterocycles. The third kappa shape index (κ3) is 3.93. The predicted molar refractivity (Wildman–Crippen MR) is 109 cm³/mol. The highest BCUT2D eigenvalue weighted by atomic mass is 32.2. The first kappa shape index (κ1) is 19.3. The zero-order chi connectivity index (χ0) is 20.6. The topological polar surface area (TPSA) is 90.7 Å². The maximum Gasteiger partial charge on any atom is 0.262 e. The van der Waals surface area contributed by atoms with Crippen LogP contribution in [0.4, 0.5) is 5.69 Å². The molecule has 0 saturated heterocycles. The minimum atomic E-state index is -3.82. The highest BCUT2D eigenvalue weighted by molar-refractivity contribution is 7.92. The van der Waals surface area contributed by atoms with Gasteiger partial charge in [0.2, 0.25) is 0 Å². The fourth-order valence-electron chi connectivity index (χ4n) is 3.09. The van der Waals surface area contributed by atoms with Crippen LogP contribution in [0, 0.1) is 6.92 Å². The summed E-state index contributed by atoms with van der Waals surface area (Å²) < 4.78 is 45.0. The number of nitrogens with zero attached hydrogens (tertiary/aromatic N) is 1. The molecule has 1 saturated carbocycles. The van der Waals surface area contributed by atoms with Crippen LogP contribution in [0.1, 0.15) is 30.2 Å². The average Bonchev–Trinajstić information content (AvgIpc) is 3.44. The van der Waals surface area contributed by atoms with Crippen molar-refractivity contribution < 1.29 is 22.3 Å². The third-order valence-corrected chi connectivity index (χ3v) is 6.37. The van der Waals surface area contributed by atoms with Gasteiger partial charge in [-0.15, -0.1) is 0 Å². The number of hydrogen-bond donors (Lipinski definition) is 1. The monoisotopic (exact) mass is 414 g/mol. The van der Waals surface area contributed by atoms with Crippen LogP contribution < -0.4 is 14.2 Å². The van der Waals surface area contributed by atoms with E-state index in [1.807, 2.05) is 6.07 Å². The number of ether oxygens (including phenoxy) is 2. The largest absolute Gasteiger partial charge is 0.493 e. The lowest BCUT2D eigenvalue weighted by atomic mass is 10.1. The molecular formula is C21H22N2O5S. The number of sulfonamides is 1. The summed E-state index contributed by atoms with van der Waals surface area (Å²) in [5.41, 5.74) is 1.68. The Morgan fingerprint density at radius 2 is 1.83 bits per heavy atom. The maximum atomic E-state index is 13.1. The van der Waals surface area contributed by atoms with Gasteiger partial charge in [-0.3, -0.25) is 4.72 Å². The lowest BCUT2D eigenvalue weighted by molar-refractivity contribution is 0.355. The fourth-order valence-corrected chi connectivity index (χ4v) is 4.41. The smallest absolute Gasteiger partial charge is 0.262 e. The van der Waals surface area contributed by atoms with Crippen molar-refractivity contribution in [1.82, 2.24) is 4.98 Å². The maximum absolute atomic E-state index is 13.1. The lowest BCUT2D eigenvalue weighted by Gasteiger charge is -2.13. The quantitative estimate of drug-likeness (QED) is 0.618. The molecule has 3 aromatic rings. The number of rotatable bonds is 7. The summed E-state index contributed by atoms with van der Waals surface area (Å²) in [6.07, 6.45) is 3.82. The number of aromatic nitrogens is 1. The van der Waals surface area contributed by atoms with Crippen LogP contribution in [0.2, 0.25) is 0 Å². The van der Waals surface area contributed by atoms with E-state index in [2.05, 4.69) is 9.71 Å². The molecule has 0 radical (unpaired) electrons. The van der Waals surface area contributed by atoms with Gasteiger partial charge in [0.15, 0.2) is 23.1 Å². The van der Waals surface area contributed by atoms with Gasteiger partial charge in [-0.2, -0.15) is 0 Å². The molecule has 29 heavy (non-hydrogen) atoms. The standard InChI is InChI=1S/C21H22N2O5S/c1-13-4-5-15(19-12-22-21(28-19)14-6-7-14)10-20(13)29(24,25)23-16-8-9-17(26-2)18(11-16)27-3/h4-5,8-12,14,23H,6-7H2,1-3H3. The lowest BCUT2D eigenvalue weighted by Crippen LogP contribution is -2.14. The molecule has 0 bridgehead atoms. The van der Waals surface area contributed by atoms with Gasteiger partial charge in [-0.1, -0.05) is 12.1 Å². The Kier molecular flexibility index (Phi) is 4.96. The van der Waals surface area contributed by atoms with Gasteiger partial charge in [-0.25, -0.2) is 13.4 Å². The Balaban J connectivity index is 1.65. The van der Waals surface area contributed by atoms with E-state index < -0.39 is 10.0 Å². The number of anilines is 1. The molecule has 1 aliphatic rings. The van der Waals surface area contributed by atoms with E-state index in [0.29, 0.717) is 45.9 Å². The molecule has 1 aliphatic carbocycles. The van der Waals surface area contributed by atoms with Gasteiger partial charge in [0.05, 0.1) is 31.0 Å². The molecule has 0 aliphatic heterocycles. The van der Waals surface area contributed by atoms with E-state index in [9.17, 15) is 8.42 Å². The van der Waals surface area contributed by atoms with Gasteiger partial charge in [0.1, 0.15) is 0 Å². The first-order valence-electron chi connectivity index (χ1n) is 9.23. The average molecular weight is 414 g/mol. The second-order valence-electron chi connectivity index (χ2n) is 6.99. The summed E-state index contributed by atoms with van der Waals surface area (Å²) >= 11 is 0. The minimum absolute atomic E-state index is 0.175. The molecule has 1 N–H and O–H groups in total. The predicted octanol–water partition coefficient (Wildman–Crippen LogP) is 4.35. The zero-order valence-corrected chi connectivity index (χ0v) is 17.2. The number of hydrogen-bond acceptors (Lipinski definition) is 6. The molecule has 8 heteroatoms. The van der Waals surface area contributed by atoms with Crippen LogP contribution in [-0.2, 0) is 10.0 Å². The Bertz CT molecular complexity index is 1150. The normalized spacial score (nSPS) is 13.9. The molecule has 152 valence electrons. The van der Waals surface area contributed by atoms with Crippen molar-refractivity contribution in [3.05, 3.63) is 54.0 Å². The van der Waals surface area contributed by atoms with Crippen molar-refractivity contribution in [2.45, 2.75) is 30.6 Å². The first-order chi connectivity index (χ1) is 13.9. The van der Waals surface area contributed by atoms with Crippen molar-refractivity contribution in [3.8, 4) is 22.8 Å². The summed E-state index contributed by atoms with van der Waals surface area (Å²) in [5, 5.41) is 0. The Morgan fingerprint density at radius 1 is 1.07 bits per heavy atom. The Morgan fingerprint density at radius 3 is 2.52 bits per heavy atom. The summed E-state index contributed by atoms with van der Waals surface area (Å²) in [6.45, 7) is 1.75. The van der Waals surface area contributed by atoms with Gasteiger partial charge in [-0.05, 0) is 43.5 Å². The molecule has 1 fully saturated rings. The third-order valence-electron chi connectivity index (χ3n) is 4.85. The van der Waals surface area contributed by atoms with Crippen molar-refractivity contribution in [1.29, 1.82) is 0 Å². The van der Waals surface area contributed by atoms with Crippen molar-refractivity contribution in [2.24, 2.45) is 0 Å². The van der Waals surface area contributed by atoms with Crippen LogP contribution in [0.5, 0.6) is 11.5 Å². The van der Waals surface area contributed by atoms with E-state index >= 15 is 0 Å². The van der Waals surface area contributed by atoms with Crippen LogP contribution in [0.25, 0.3) is 11.3 Å². The Labute approximate surface area is 169 Å². The van der Waals surface area contributed by atoms with Crippen LogP contribution in [0.3, 0.4) is 0 Å². The minimum Gasteiger partial charge on any atom is -0.493 e. The van der Waals surface area contributed by atoms with Crippen LogP contribution in [-0.4, -0.2) is 27.6 Å². The molecular weight excluding hydrogens is 392 g/mol. The van der Waals surface area contributed by atoms with Crippen LogP contribution in [0.15, 0.2) is 51.9 Å². The van der Waals surface area contributed by atoms with Gasteiger partial charge in [0.25, 0.3) is 10.0 Å². The van der Waals surface area contributed by atoms with Crippen molar-refractivity contribution in [2.75, 3.05) is 18.9 Å². The number of benzene rings is 2. The van der Waals surface area contributed by atoms with E-state index in [1.54, 1.807) is 43.5 Å². The number of methoxy groups -OCH3 is 2. The number of nitrogens with one attached hydrogen (secondary N) is 1. The van der Waals surface area contributed by atoms with E-state index in [4.69, 9.17) is 13.9 Å². The Hall–Kier alpha value is -3.00. The summed E-state index contributed by atoms with van der Waals surface area (Å²) in [7, 11) is -0.805. The number of oxazole rings is 1. The molecule has 4 rings (SSSR count). The molecule has 0 atom stereocenters. The van der Waals surface area contributed by atoms with E-state index in [1.165, 1.54) is 14.2 Å². The second-order valence-corrected chi connectivity index (χ2v) is 8.64. The molecule has 0 spiro atoms. The van der Waals surface area contributed by atoms with E-state index in [0.717, 1.165) is 12.8 Å². The zero-order valence-electron chi connectivity index (χ0n) is 16.4. The van der Waals surface area contributed by atoms with Gasteiger partial charge < -0.3 is 13.9 Å². The molecule has 0 unspecified atom stereocenters. The van der Waals surface area contributed by atoms with Crippen LogP contribution >= 0.6 is 0 Å². The SMILES string of the molecule is COc1ccc(NS(=O)(=O)c2cc(-c3cnc(C4CC4)o3)ccc2C)cc1OC. The van der Waals surface area contributed by atoms with Crippen molar-refractivity contribution in [3.63, 3.8) is 0 Å². The molecule has 1 aromatic heterocycles. The highest BCUT2D eigenvalue weighted by Crippen LogP contribution is 2.40. The highest BCUT2D eigenvalue weighted by Gasteiger charge is 2.29. The molecule has 2 aromatic carbocycles. The summed E-state index contributed by atoms with van der Waals surface area (Å²) in [5.74, 6) is 2.63. The second kappa shape index (κ2) is 7.44. The fraction of sp³-hybridized carbons (Fsp3) is 0.286. The summed E-state index contributed by atoms with van der Waals surface area (Å²) in [4.78, 5) is 4.49. The van der Waals surface area contributed by atoms with E-state index in [-0.39, 0.29) is 4.90 Å². The van der Waals surface area contributed by atoms with Crippen molar-refractivity contribution >= 4 is 15.7 Å². The first-order valence-corrected chi connectivity index (χ1v) is 10.7. The summed E-state index contributed by atoms with van der Waals surface area (Å²) in [6, 6.07) is 10.0. The molecule has 0 amide bonds. The van der Waals surface area contributed by atoms with Gasteiger partial charge >= 0.3 is 0 Å². The number of aryl methyl sites for hydroxylation is 1. The van der Waals surface area contributed by atoms with Gasteiger partial charge in [0, 0.05) is 17.5 Å². The molecule has 7 nitrogen and oxygen atoms in total.